The highest BCUT2D eigenvalue weighted by Gasteiger charge is 2.12. The third-order valence-electron chi connectivity index (χ3n) is 5.70. The molecule has 1 heterocycles. The van der Waals surface area contributed by atoms with Crippen molar-refractivity contribution in [3.63, 3.8) is 0 Å². The molecule has 0 saturated heterocycles. The summed E-state index contributed by atoms with van der Waals surface area (Å²) in [6.07, 6.45) is 13.6. The molecular formula is C29H32N4O. The quantitative estimate of drug-likeness (QED) is 0.199. The van der Waals surface area contributed by atoms with E-state index in [0.29, 0.717) is 5.69 Å². The Morgan fingerprint density at radius 2 is 1.53 bits per heavy atom. The van der Waals surface area contributed by atoms with Crippen molar-refractivity contribution in [2.24, 2.45) is 0 Å². The van der Waals surface area contributed by atoms with Crippen LogP contribution in [-0.2, 0) is 0 Å². The first-order chi connectivity index (χ1) is 16.7. The second kappa shape index (κ2) is 13.7. The molecule has 0 spiro atoms. The van der Waals surface area contributed by atoms with Gasteiger partial charge < -0.3 is 4.74 Å². The number of hydrogen-bond acceptors (Lipinski definition) is 4. The van der Waals surface area contributed by atoms with Gasteiger partial charge in [0.25, 0.3) is 0 Å². The number of nitrogens with zero attached hydrogens (tertiary/aromatic N) is 4. The first-order valence-corrected chi connectivity index (χ1v) is 12.2. The zero-order valence-electron chi connectivity index (χ0n) is 19.9. The Labute approximate surface area is 202 Å². The Kier molecular flexibility index (Phi) is 9.96. The molecule has 34 heavy (non-hydrogen) atoms. The number of benzene rings is 2. The van der Waals surface area contributed by atoms with E-state index in [1.165, 1.54) is 44.9 Å². The molecule has 5 nitrogen and oxygen atoms in total. The fourth-order valence-corrected chi connectivity index (χ4v) is 3.81. The van der Waals surface area contributed by atoms with E-state index in [9.17, 15) is 10.5 Å². The largest absolute Gasteiger partial charge is 0.494 e. The zero-order chi connectivity index (χ0) is 24.0. The number of aromatic nitrogens is 2. The highest BCUT2D eigenvalue weighted by Crippen LogP contribution is 2.27. The molecule has 0 saturated carbocycles. The number of unbranched alkanes of at least 4 members (excludes halogenated alkanes) is 7. The minimum absolute atomic E-state index is 0.0409. The molecule has 0 amide bonds. The lowest BCUT2D eigenvalue weighted by atomic mass is 10.1. The highest BCUT2D eigenvalue weighted by molar-refractivity contribution is 5.75. The molecule has 0 aliphatic carbocycles. The van der Waals surface area contributed by atoms with Gasteiger partial charge in [-0.15, -0.1) is 0 Å². The highest BCUT2D eigenvalue weighted by atomic mass is 16.5. The molecule has 0 bridgehead atoms. The Hall–Kier alpha value is -3.83. The van der Waals surface area contributed by atoms with Gasteiger partial charge in [-0.25, -0.2) is 4.68 Å². The molecule has 0 fully saturated rings. The van der Waals surface area contributed by atoms with E-state index in [1.807, 2.05) is 72.9 Å². The first-order valence-electron chi connectivity index (χ1n) is 12.2. The summed E-state index contributed by atoms with van der Waals surface area (Å²) < 4.78 is 7.69. The fourth-order valence-electron chi connectivity index (χ4n) is 3.81. The van der Waals surface area contributed by atoms with Crippen LogP contribution in [0, 0.1) is 22.7 Å². The Bertz CT molecular complexity index is 1120. The number of ether oxygens (including phenoxy) is 1. The van der Waals surface area contributed by atoms with Crippen molar-refractivity contribution in [2.45, 2.75) is 58.3 Å². The molecule has 0 N–H and O–H groups in total. The predicted molar refractivity (Wildman–Crippen MR) is 136 cm³/mol. The van der Waals surface area contributed by atoms with Crippen LogP contribution in [0.1, 0.15) is 63.9 Å². The summed E-state index contributed by atoms with van der Waals surface area (Å²) in [5.41, 5.74) is 3.27. The third kappa shape index (κ3) is 7.36. The van der Waals surface area contributed by atoms with Crippen LogP contribution in [-0.4, -0.2) is 16.4 Å². The molecule has 0 atom stereocenters. The topological polar surface area (TPSA) is 74.6 Å². The van der Waals surface area contributed by atoms with E-state index in [1.54, 1.807) is 10.8 Å². The van der Waals surface area contributed by atoms with Gasteiger partial charge in [0.15, 0.2) is 0 Å². The number of hydrogen-bond donors (Lipinski definition) is 0. The van der Waals surface area contributed by atoms with Gasteiger partial charge in [0.1, 0.15) is 29.2 Å². The van der Waals surface area contributed by atoms with Gasteiger partial charge in [0.05, 0.1) is 12.3 Å². The number of nitriles is 2. The van der Waals surface area contributed by atoms with E-state index in [4.69, 9.17) is 9.84 Å². The number of rotatable bonds is 13. The van der Waals surface area contributed by atoms with Gasteiger partial charge in [-0.1, -0.05) is 70.1 Å². The van der Waals surface area contributed by atoms with Crippen LogP contribution in [0.15, 0.2) is 66.4 Å². The molecule has 0 aliphatic heterocycles. The van der Waals surface area contributed by atoms with Crippen LogP contribution >= 0.6 is 0 Å². The van der Waals surface area contributed by atoms with Crippen LogP contribution < -0.4 is 4.74 Å². The zero-order valence-corrected chi connectivity index (χ0v) is 19.9. The molecule has 0 radical (unpaired) electrons. The molecular weight excluding hydrogens is 420 g/mol. The fraction of sp³-hybridized carbons (Fsp3) is 0.345. The van der Waals surface area contributed by atoms with E-state index < -0.39 is 0 Å². The summed E-state index contributed by atoms with van der Waals surface area (Å²) in [6.45, 7) is 2.97. The average Bonchev–Trinajstić information content (AvgIpc) is 3.31. The van der Waals surface area contributed by atoms with Crippen LogP contribution in [0.25, 0.3) is 23.0 Å². The molecule has 3 aromatic rings. The van der Waals surface area contributed by atoms with E-state index in [0.717, 1.165) is 35.6 Å². The second-order valence-electron chi connectivity index (χ2n) is 8.34. The standard InChI is InChI=1S/C29H32N4O/c1-2-3-4-5-6-7-8-12-19-34-28-17-15-25(16-18-28)29-26(20-24(21-30)22-31)23-33(32-29)27-13-10-9-11-14-27/h9-11,13-18,20,23H,2-8,12,19H2,1H3. The van der Waals surface area contributed by atoms with Crippen molar-refractivity contribution in [1.29, 1.82) is 10.5 Å². The van der Waals surface area contributed by atoms with Gasteiger partial charge in [-0.3, -0.25) is 0 Å². The van der Waals surface area contributed by atoms with Crippen LogP contribution in [0.2, 0.25) is 0 Å². The monoisotopic (exact) mass is 452 g/mol. The molecule has 1 aromatic heterocycles. The lowest BCUT2D eigenvalue weighted by Crippen LogP contribution is -1.97. The summed E-state index contributed by atoms with van der Waals surface area (Å²) in [5, 5.41) is 23.2. The van der Waals surface area contributed by atoms with Crippen LogP contribution in [0.5, 0.6) is 5.75 Å². The molecule has 2 aromatic carbocycles. The molecule has 0 aliphatic rings. The minimum Gasteiger partial charge on any atom is -0.494 e. The normalized spacial score (nSPS) is 10.3. The van der Waals surface area contributed by atoms with Crippen molar-refractivity contribution in [2.75, 3.05) is 6.61 Å². The maximum atomic E-state index is 9.21. The van der Waals surface area contributed by atoms with Crippen molar-refractivity contribution < 1.29 is 4.74 Å². The summed E-state index contributed by atoms with van der Waals surface area (Å²) >= 11 is 0. The van der Waals surface area contributed by atoms with Gasteiger partial charge in [-0.2, -0.15) is 15.6 Å². The number of allylic oxidation sites excluding steroid dienone is 1. The second-order valence-corrected chi connectivity index (χ2v) is 8.34. The van der Waals surface area contributed by atoms with Crippen molar-refractivity contribution >= 4 is 6.08 Å². The van der Waals surface area contributed by atoms with Gasteiger partial charge in [0, 0.05) is 17.3 Å². The van der Waals surface area contributed by atoms with Crippen molar-refractivity contribution in [3.05, 3.63) is 71.9 Å². The van der Waals surface area contributed by atoms with Gasteiger partial charge in [-0.05, 0) is 48.9 Å². The summed E-state index contributed by atoms with van der Waals surface area (Å²) in [5.74, 6) is 0.834. The molecule has 3 rings (SSSR count). The first kappa shape index (κ1) is 24.8. The van der Waals surface area contributed by atoms with E-state index >= 15 is 0 Å². The smallest absolute Gasteiger partial charge is 0.130 e. The Morgan fingerprint density at radius 1 is 0.882 bits per heavy atom. The van der Waals surface area contributed by atoms with Crippen molar-refractivity contribution in [1.82, 2.24) is 9.78 Å². The van der Waals surface area contributed by atoms with Gasteiger partial charge >= 0.3 is 0 Å². The van der Waals surface area contributed by atoms with Crippen LogP contribution in [0.3, 0.4) is 0 Å². The van der Waals surface area contributed by atoms with Crippen LogP contribution in [0.4, 0.5) is 0 Å². The lowest BCUT2D eigenvalue weighted by Gasteiger charge is -2.07. The maximum Gasteiger partial charge on any atom is 0.130 e. The average molecular weight is 453 g/mol. The third-order valence-corrected chi connectivity index (χ3v) is 5.70. The minimum atomic E-state index is 0.0409. The molecule has 0 unspecified atom stereocenters. The number of para-hydroxylation sites is 1. The van der Waals surface area contributed by atoms with Gasteiger partial charge in [0.2, 0.25) is 0 Å². The summed E-state index contributed by atoms with van der Waals surface area (Å²) in [7, 11) is 0. The predicted octanol–water partition coefficient (Wildman–Crippen LogP) is 7.49. The summed E-state index contributed by atoms with van der Waals surface area (Å²) in [4.78, 5) is 0. The molecule has 174 valence electrons. The Morgan fingerprint density at radius 3 is 2.18 bits per heavy atom. The van der Waals surface area contributed by atoms with E-state index in [2.05, 4.69) is 6.92 Å². The SMILES string of the molecule is CCCCCCCCCCOc1ccc(-c2nn(-c3ccccc3)cc2C=C(C#N)C#N)cc1. The molecule has 5 heteroatoms. The summed E-state index contributed by atoms with van der Waals surface area (Å²) in [6, 6.07) is 21.5. The maximum absolute atomic E-state index is 9.21. The lowest BCUT2D eigenvalue weighted by molar-refractivity contribution is 0.304. The van der Waals surface area contributed by atoms with Crippen molar-refractivity contribution in [3.8, 4) is 34.8 Å². The van der Waals surface area contributed by atoms with E-state index in [-0.39, 0.29) is 5.57 Å². The Balaban J connectivity index is 1.64.